The molecule has 4 rings (SSSR count). The Labute approximate surface area is 189 Å². The summed E-state index contributed by atoms with van der Waals surface area (Å²) in [5.74, 6) is 0.203. The van der Waals surface area contributed by atoms with Crippen LogP contribution < -0.4 is 9.47 Å². The number of rotatable bonds is 7. The monoisotopic (exact) mass is 453 g/mol. The van der Waals surface area contributed by atoms with Gasteiger partial charge in [-0.2, -0.15) is 5.10 Å². The van der Waals surface area contributed by atoms with Gasteiger partial charge in [0.25, 0.3) is 5.91 Å². The lowest BCUT2D eigenvalue weighted by Crippen LogP contribution is -2.31. The van der Waals surface area contributed by atoms with Crippen LogP contribution >= 0.6 is 11.3 Å². The summed E-state index contributed by atoms with van der Waals surface area (Å²) in [6, 6.07) is 12.5. The van der Waals surface area contributed by atoms with Gasteiger partial charge in [-0.25, -0.2) is 9.80 Å². The molecule has 0 N–H and O–H groups in total. The molecule has 0 fully saturated rings. The molecule has 0 radical (unpaired) electrons. The molecule has 0 bridgehead atoms. The molecule has 0 saturated heterocycles. The molecule has 2 aromatic heterocycles. The molecular weight excluding hydrogens is 430 g/mol. The second kappa shape index (κ2) is 9.27. The first-order valence-corrected chi connectivity index (χ1v) is 10.8. The van der Waals surface area contributed by atoms with Gasteiger partial charge in [0, 0.05) is 19.7 Å². The van der Waals surface area contributed by atoms with Crippen LogP contribution in [0.25, 0.3) is 0 Å². The molecule has 3 aromatic rings. The Bertz CT molecular complexity index is 1150. The standard InChI is InChI=1S/C23H23N3O5S/c1-25-10-4-6-17(25)23(28)31-14-22(27)26-18(13-16(24-26)21-7-5-11-32-21)15-8-9-19(29-2)20(12-15)30-3/h4-12,18H,13-14H2,1-3H3. The number of carbonyl (C=O) groups is 2. The van der Waals surface area contributed by atoms with Gasteiger partial charge < -0.3 is 18.8 Å². The lowest BCUT2D eigenvalue weighted by molar-refractivity contribution is -0.136. The summed E-state index contributed by atoms with van der Waals surface area (Å²) in [5, 5.41) is 7.95. The van der Waals surface area contributed by atoms with Crippen molar-refractivity contribution in [3.63, 3.8) is 0 Å². The van der Waals surface area contributed by atoms with Crippen LogP contribution in [-0.4, -0.2) is 48.0 Å². The zero-order valence-electron chi connectivity index (χ0n) is 18.0. The van der Waals surface area contributed by atoms with E-state index in [1.54, 1.807) is 61.6 Å². The molecule has 9 heteroatoms. The summed E-state index contributed by atoms with van der Waals surface area (Å²) in [6.45, 7) is -0.408. The SMILES string of the molecule is COc1ccc(C2CC(c3cccs3)=NN2C(=O)COC(=O)c2cccn2C)cc1OC. The van der Waals surface area contributed by atoms with Crippen LogP contribution in [0.4, 0.5) is 0 Å². The fraction of sp³-hybridized carbons (Fsp3) is 0.261. The molecule has 32 heavy (non-hydrogen) atoms. The molecule has 3 heterocycles. The number of amides is 1. The van der Waals surface area contributed by atoms with Crippen molar-refractivity contribution in [2.45, 2.75) is 12.5 Å². The summed E-state index contributed by atoms with van der Waals surface area (Å²) in [4.78, 5) is 26.4. The van der Waals surface area contributed by atoms with E-state index in [0.717, 1.165) is 16.2 Å². The molecule has 1 aliphatic rings. The van der Waals surface area contributed by atoms with Gasteiger partial charge in [0.05, 0.1) is 30.9 Å². The fourth-order valence-corrected chi connectivity index (χ4v) is 4.31. The normalized spacial score (nSPS) is 15.4. The predicted octanol–water partition coefficient (Wildman–Crippen LogP) is 3.64. The number of aryl methyl sites for hydroxylation is 1. The number of benzene rings is 1. The first-order chi connectivity index (χ1) is 15.5. The largest absolute Gasteiger partial charge is 0.493 e. The zero-order chi connectivity index (χ0) is 22.7. The van der Waals surface area contributed by atoms with Crippen molar-refractivity contribution in [3.8, 4) is 11.5 Å². The minimum atomic E-state index is -0.560. The number of aromatic nitrogens is 1. The zero-order valence-corrected chi connectivity index (χ0v) is 18.8. The molecule has 8 nitrogen and oxygen atoms in total. The number of nitrogens with zero attached hydrogens (tertiary/aromatic N) is 3. The smallest absolute Gasteiger partial charge is 0.355 e. The van der Waals surface area contributed by atoms with Crippen molar-refractivity contribution in [1.82, 2.24) is 9.58 Å². The van der Waals surface area contributed by atoms with E-state index in [-0.39, 0.29) is 6.04 Å². The van der Waals surface area contributed by atoms with Crippen LogP contribution in [0.15, 0.2) is 59.1 Å². The van der Waals surface area contributed by atoms with Crippen molar-refractivity contribution in [3.05, 3.63) is 70.2 Å². The van der Waals surface area contributed by atoms with E-state index in [1.807, 2.05) is 29.6 Å². The number of carbonyl (C=O) groups excluding carboxylic acids is 2. The molecule has 1 aromatic carbocycles. The van der Waals surface area contributed by atoms with E-state index in [4.69, 9.17) is 14.2 Å². The number of hydrogen-bond donors (Lipinski definition) is 0. The lowest BCUT2D eigenvalue weighted by atomic mass is 10.0. The van der Waals surface area contributed by atoms with E-state index in [2.05, 4.69) is 5.10 Å². The van der Waals surface area contributed by atoms with Gasteiger partial charge >= 0.3 is 5.97 Å². The first kappa shape index (κ1) is 21.6. The van der Waals surface area contributed by atoms with Gasteiger partial charge in [-0.05, 0) is 41.3 Å². The average Bonchev–Trinajstić information content (AvgIpc) is 3.57. The first-order valence-electron chi connectivity index (χ1n) is 9.95. The second-order valence-electron chi connectivity index (χ2n) is 7.18. The number of ether oxygens (including phenoxy) is 3. The van der Waals surface area contributed by atoms with Crippen molar-refractivity contribution in [2.24, 2.45) is 12.1 Å². The molecule has 0 spiro atoms. The van der Waals surface area contributed by atoms with Crippen LogP contribution in [0, 0.1) is 0 Å². The van der Waals surface area contributed by atoms with E-state index in [0.29, 0.717) is 23.6 Å². The highest BCUT2D eigenvalue weighted by atomic mass is 32.1. The van der Waals surface area contributed by atoms with Crippen molar-refractivity contribution >= 4 is 28.9 Å². The van der Waals surface area contributed by atoms with Gasteiger partial charge in [0.15, 0.2) is 18.1 Å². The summed E-state index contributed by atoms with van der Waals surface area (Å²) >= 11 is 1.56. The van der Waals surface area contributed by atoms with Crippen LogP contribution in [0.1, 0.15) is 33.4 Å². The number of methoxy groups -OCH3 is 2. The van der Waals surface area contributed by atoms with Gasteiger partial charge in [0.2, 0.25) is 0 Å². The fourth-order valence-electron chi connectivity index (χ4n) is 3.59. The minimum absolute atomic E-state index is 0.354. The van der Waals surface area contributed by atoms with Crippen LogP contribution in [0.5, 0.6) is 11.5 Å². The van der Waals surface area contributed by atoms with E-state index in [9.17, 15) is 9.59 Å². The summed E-state index contributed by atoms with van der Waals surface area (Å²) in [6.07, 6.45) is 2.27. The van der Waals surface area contributed by atoms with Gasteiger partial charge in [-0.1, -0.05) is 12.1 Å². The molecule has 166 valence electrons. The van der Waals surface area contributed by atoms with Gasteiger partial charge in [-0.15, -0.1) is 11.3 Å². The molecule has 1 amide bonds. The minimum Gasteiger partial charge on any atom is -0.493 e. The number of hydrazone groups is 1. The average molecular weight is 454 g/mol. The molecular formula is C23H23N3O5S. The summed E-state index contributed by atoms with van der Waals surface area (Å²) in [5.41, 5.74) is 2.03. The Morgan fingerprint density at radius 3 is 2.59 bits per heavy atom. The highest BCUT2D eigenvalue weighted by Gasteiger charge is 2.34. The maximum absolute atomic E-state index is 13.1. The van der Waals surface area contributed by atoms with Crippen molar-refractivity contribution in [2.75, 3.05) is 20.8 Å². The third-order valence-corrected chi connectivity index (χ3v) is 6.16. The highest BCUT2D eigenvalue weighted by Crippen LogP contribution is 2.37. The highest BCUT2D eigenvalue weighted by molar-refractivity contribution is 7.12. The number of esters is 1. The van der Waals surface area contributed by atoms with Crippen LogP contribution in [0.2, 0.25) is 0 Å². The van der Waals surface area contributed by atoms with Crippen LogP contribution in [-0.2, 0) is 16.6 Å². The summed E-state index contributed by atoms with van der Waals surface area (Å²) < 4.78 is 17.7. The Balaban J connectivity index is 1.57. The maximum Gasteiger partial charge on any atom is 0.355 e. The van der Waals surface area contributed by atoms with E-state index >= 15 is 0 Å². The Hall–Kier alpha value is -3.59. The number of hydrogen-bond acceptors (Lipinski definition) is 7. The van der Waals surface area contributed by atoms with E-state index < -0.39 is 18.5 Å². The summed E-state index contributed by atoms with van der Waals surface area (Å²) in [7, 11) is 4.88. The third-order valence-electron chi connectivity index (χ3n) is 5.24. The molecule has 1 unspecified atom stereocenters. The topological polar surface area (TPSA) is 82.4 Å². The van der Waals surface area contributed by atoms with Crippen LogP contribution in [0.3, 0.4) is 0 Å². The van der Waals surface area contributed by atoms with Gasteiger partial charge in [-0.3, -0.25) is 4.79 Å². The van der Waals surface area contributed by atoms with E-state index in [1.165, 1.54) is 5.01 Å². The molecule has 1 aliphatic heterocycles. The molecule has 1 atom stereocenters. The predicted molar refractivity (Wildman–Crippen MR) is 120 cm³/mol. The van der Waals surface area contributed by atoms with Crippen molar-refractivity contribution < 1.29 is 23.8 Å². The second-order valence-corrected chi connectivity index (χ2v) is 8.12. The molecule has 0 aliphatic carbocycles. The Morgan fingerprint density at radius 2 is 1.94 bits per heavy atom. The lowest BCUT2D eigenvalue weighted by Gasteiger charge is -2.22. The number of thiophene rings is 1. The Morgan fingerprint density at radius 1 is 1.12 bits per heavy atom. The quantitative estimate of drug-likeness (QED) is 0.510. The van der Waals surface area contributed by atoms with Gasteiger partial charge in [0.1, 0.15) is 5.69 Å². The Kier molecular flexibility index (Phi) is 6.27. The van der Waals surface area contributed by atoms with Crippen molar-refractivity contribution in [1.29, 1.82) is 0 Å². The maximum atomic E-state index is 13.1. The molecule has 0 saturated carbocycles. The third kappa shape index (κ3) is 4.24.